The van der Waals surface area contributed by atoms with Crippen LogP contribution in [-0.2, 0) is 4.74 Å². The van der Waals surface area contributed by atoms with E-state index in [2.05, 4.69) is 26.0 Å². The summed E-state index contributed by atoms with van der Waals surface area (Å²) in [5.41, 5.74) is 1.43. The lowest BCUT2D eigenvalue weighted by molar-refractivity contribution is -0.0501. The lowest BCUT2D eigenvalue weighted by Crippen LogP contribution is -2.52. The molecule has 0 aromatic carbocycles. The van der Waals surface area contributed by atoms with Crippen LogP contribution in [0.3, 0.4) is 0 Å². The minimum Gasteiger partial charge on any atom is -0.393 e. The average Bonchev–Trinajstić information content (AvgIpc) is 3.24. The number of rotatable bonds is 0. The molecule has 0 bridgehead atoms. The van der Waals surface area contributed by atoms with Gasteiger partial charge in [0.05, 0.1) is 12.2 Å². The highest BCUT2D eigenvalue weighted by Gasteiger charge is 2.66. The molecule has 9 atom stereocenters. The van der Waals surface area contributed by atoms with Crippen molar-refractivity contribution in [2.75, 3.05) is 0 Å². The Labute approximate surface area is 132 Å². The molecule has 120 valence electrons. The standard InChI is InChI=1S/C19H26O3/c1-18-8-7-13-11(12(18)5-6-15(18)21)4-3-10-9-14(20)16-17(22-16)19(10,13)2/h3-4,9,11-17,20-21H,5-8H2,1-2H3/t11-,12-,13-,14+,15-,16-,17-,18-,19-/m0/s1. The van der Waals surface area contributed by atoms with Crippen molar-refractivity contribution in [3.05, 3.63) is 23.8 Å². The Kier molecular flexibility index (Phi) is 2.54. The smallest absolute Gasteiger partial charge is 0.114 e. The van der Waals surface area contributed by atoms with Gasteiger partial charge in [0.25, 0.3) is 0 Å². The quantitative estimate of drug-likeness (QED) is 0.676. The molecule has 0 radical (unpaired) electrons. The van der Waals surface area contributed by atoms with Crippen LogP contribution in [0.5, 0.6) is 0 Å². The summed E-state index contributed by atoms with van der Waals surface area (Å²) in [5, 5.41) is 20.6. The van der Waals surface area contributed by atoms with E-state index in [9.17, 15) is 10.2 Å². The summed E-state index contributed by atoms with van der Waals surface area (Å²) in [6, 6.07) is 0. The maximum absolute atomic E-state index is 10.5. The Morgan fingerprint density at radius 3 is 2.77 bits per heavy atom. The SMILES string of the molecule is C[C@]12CC[C@H]3[C@@H](C=CC4=C[C@@H](O)[C@@H]5O[C@@H]5[C@@]43C)[C@@H]1CC[C@@H]2O. The van der Waals surface area contributed by atoms with Gasteiger partial charge in [0, 0.05) is 5.41 Å². The topological polar surface area (TPSA) is 53.0 Å². The van der Waals surface area contributed by atoms with Gasteiger partial charge in [0.2, 0.25) is 0 Å². The molecule has 1 aliphatic heterocycles. The number of hydrogen-bond donors (Lipinski definition) is 2. The van der Waals surface area contributed by atoms with Crippen LogP contribution in [0, 0.1) is 28.6 Å². The number of aliphatic hydroxyl groups excluding tert-OH is 2. The maximum atomic E-state index is 10.5. The van der Waals surface area contributed by atoms with E-state index in [1.165, 1.54) is 5.57 Å². The number of aliphatic hydroxyl groups is 2. The van der Waals surface area contributed by atoms with Crippen molar-refractivity contribution in [2.45, 2.75) is 63.9 Å². The van der Waals surface area contributed by atoms with Crippen LogP contribution in [0.25, 0.3) is 0 Å². The van der Waals surface area contributed by atoms with E-state index >= 15 is 0 Å². The fraction of sp³-hybridized carbons (Fsp3) is 0.789. The minimum atomic E-state index is -0.434. The highest BCUT2D eigenvalue weighted by molar-refractivity contribution is 5.41. The monoisotopic (exact) mass is 302 g/mol. The number of fused-ring (bicyclic) bond motifs is 7. The Morgan fingerprint density at radius 2 is 1.95 bits per heavy atom. The van der Waals surface area contributed by atoms with Crippen molar-refractivity contribution in [3.63, 3.8) is 0 Å². The molecule has 2 saturated carbocycles. The predicted octanol–water partition coefficient (Wildman–Crippen LogP) is 2.43. The summed E-state index contributed by atoms with van der Waals surface area (Å²) in [5.74, 6) is 1.74. The van der Waals surface area contributed by atoms with Crippen molar-refractivity contribution in [1.29, 1.82) is 0 Å². The van der Waals surface area contributed by atoms with E-state index in [0.717, 1.165) is 25.7 Å². The first-order valence-electron chi connectivity index (χ1n) is 8.88. The van der Waals surface area contributed by atoms with Gasteiger partial charge in [0.1, 0.15) is 12.2 Å². The van der Waals surface area contributed by atoms with Crippen molar-refractivity contribution in [1.82, 2.24) is 0 Å². The van der Waals surface area contributed by atoms with Crippen molar-refractivity contribution in [3.8, 4) is 0 Å². The average molecular weight is 302 g/mol. The van der Waals surface area contributed by atoms with Gasteiger partial charge in [-0.3, -0.25) is 0 Å². The number of epoxide rings is 1. The maximum Gasteiger partial charge on any atom is 0.114 e. The first-order chi connectivity index (χ1) is 10.5. The fourth-order valence-electron chi connectivity index (χ4n) is 6.50. The molecular formula is C19H26O3. The molecule has 0 aromatic heterocycles. The van der Waals surface area contributed by atoms with E-state index < -0.39 is 6.10 Å². The van der Waals surface area contributed by atoms with Gasteiger partial charge in [-0.25, -0.2) is 0 Å². The Bertz CT molecular complexity index is 581. The van der Waals surface area contributed by atoms with Gasteiger partial charge in [-0.1, -0.05) is 26.0 Å². The summed E-state index contributed by atoms with van der Waals surface area (Å²) in [7, 11) is 0. The van der Waals surface area contributed by atoms with E-state index in [4.69, 9.17) is 4.74 Å². The minimum absolute atomic E-state index is 0.0170. The Hall–Kier alpha value is -0.640. The number of hydrogen-bond acceptors (Lipinski definition) is 3. The molecule has 1 saturated heterocycles. The molecule has 3 heteroatoms. The predicted molar refractivity (Wildman–Crippen MR) is 83.0 cm³/mol. The molecule has 0 spiro atoms. The van der Waals surface area contributed by atoms with Gasteiger partial charge in [0.15, 0.2) is 0 Å². The highest BCUT2D eigenvalue weighted by atomic mass is 16.6. The second kappa shape index (κ2) is 4.06. The Morgan fingerprint density at radius 1 is 1.14 bits per heavy atom. The molecule has 0 unspecified atom stereocenters. The second-order valence-electron chi connectivity index (χ2n) is 8.70. The molecule has 0 aromatic rings. The van der Waals surface area contributed by atoms with Crippen molar-refractivity contribution >= 4 is 0 Å². The highest BCUT2D eigenvalue weighted by Crippen LogP contribution is 2.66. The van der Waals surface area contributed by atoms with Gasteiger partial charge in [-0.15, -0.1) is 0 Å². The zero-order valence-corrected chi connectivity index (χ0v) is 13.4. The lowest BCUT2D eigenvalue weighted by atomic mass is 9.49. The number of ether oxygens (including phenoxy) is 1. The van der Waals surface area contributed by atoms with Gasteiger partial charge in [-0.2, -0.15) is 0 Å². The summed E-state index contributed by atoms with van der Waals surface area (Å²) in [6.45, 7) is 4.65. The lowest BCUT2D eigenvalue weighted by Gasteiger charge is -2.55. The fourth-order valence-corrected chi connectivity index (χ4v) is 6.50. The van der Waals surface area contributed by atoms with E-state index in [1.807, 2.05) is 6.08 Å². The van der Waals surface area contributed by atoms with Crippen molar-refractivity contribution < 1.29 is 14.9 Å². The van der Waals surface area contributed by atoms with Crippen LogP contribution in [0.1, 0.15) is 39.5 Å². The van der Waals surface area contributed by atoms with Crippen LogP contribution in [0.15, 0.2) is 23.8 Å². The van der Waals surface area contributed by atoms with E-state index in [-0.39, 0.29) is 29.1 Å². The van der Waals surface area contributed by atoms with E-state index in [0.29, 0.717) is 17.8 Å². The van der Waals surface area contributed by atoms with Crippen LogP contribution < -0.4 is 0 Å². The molecule has 4 aliphatic carbocycles. The van der Waals surface area contributed by atoms with E-state index in [1.54, 1.807) is 0 Å². The summed E-state index contributed by atoms with van der Waals surface area (Å²) >= 11 is 0. The normalized spacial score (nSPS) is 61.6. The third kappa shape index (κ3) is 1.44. The summed E-state index contributed by atoms with van der Waals surface area (Å²) in [6.07, 6.45) is 10.7. The molecule has 5 rings (SSSR count). The third-order valence-corrected chi connectivity index (χ3v) is 7.98. The number of allylic oxidation sites excluding steroid dienone is 2. The molecule has 1 heterocycles. The molecule has 5 aliphatic rings. The van der Waals surface area contributed by atoms with Gasteiger partial charge >= 0.3 is 0 Å². The molecule has 0 amide bonds. The van der Waals surface area contributed by atoms with Crippen LogP contribution in [-0.4, -0.2) is 34.6 Å². The second-order valence-corrected chi connectivity index (χ2v) is 8.70. The first kappa shape index (κ1) is 13.8. The van der Waals surface area contributed by atoms with Crippen molar-refractivity contribution in [2.24, 2.45) is 28.6 Å². The van der Waals surface area contributed by atoms with Crippen LogP contribution in [0.4, 0.5) is 0 Å². The molecule has 22 heavy (non-hydrogen) atoms. The molecule has 2 N–H and O–H groups in total. The van der Waals surface area contributed by atoms with Crippen LogP contribution >= 0.6 is 0 Å². The molecule has 3 nitrogen and oxygen atoms in total. The molecule has 3 fully saturated rings. The zero-order valence-electron chi connectivity index (χ0n) is 13.4. The van der Waals surface area contributed by atoms with Gasteiger partial charge in [-0.05, 0) is 60.5 Å². The zero-order chi connectivity index (χ0) is 15.3. The third-order valence-electron chi connectivity index (χ3n) is 7.98. The summed E-state index contributed by atoms with van der Waals surface area (Å²) < 4.78 is 5.88. The summed E-state index contributed by atoms with van der Waals surface area (Å²) in [4.78, 5) is 0. The Balaban J connectivity index is 1.58. The first-order valence-corrected chi connectivity index (χ1v) is 8.88. The largest absolute Gasteiger partial charge is 0.393 e. The van der Waals surface area contributed by atoms with Crippen LogP contribution in [0.2, 0.25) is 0 Å². The van der Waals surface area contributed by atoms with Gasteiger partial charge < -0.3 is 14.9 Å². The molecular weight excluding hydrogens is 276 g/mol.